The van der Waals surface area contributed by atoms with Gasteiger partial charge in [0.2, 0.25) is 5.91 Å². The summed E-state index contributed by atoms with van der Waals surface area (Å²) in [7, 11) is 0. The van der Waals surface area contributed by atoms with Gasteiger partial charge in [-0.05, 0) is 32.9 Å². The molecule has 0 saturated carbocycles. The van der Waals surface area contributed by atoms with Crippen LogP contribution in [0.1, 0.15) is 29.8 Å². The third kappa shape index (κ3) is 2.31. The van der Waals surface area contributed by atoms with Gasteiger partial charge in [-0.15, -0.1) is 0 Å². The van der Waals surface area contributed by atoms with E-state index in [0.717, 1.165) is 5.56 Å². The molecule has 2 amide bonds. The maximum Gasteiger partial charge on any atom is 0.299 e. The highest BCUT2D eigenvalue weighted by Gasteiger charge is 2.37. The first kappa shape index (κ1) is 14.2. The number of carbonyl (C=O) groups is 3. The Morgan fingerprint density at radius 1 is 1.20 bits per heavy atom. The number of hydrogen-bond donors (Lipinski definition) is 0. The molecular formula is C15H18N2O3. The molecule has 0 N–H and O–H groups in total. The third-order valence-corrected chi connectivity index (χ3v) is 3.54. The minimum absolute atomic E-state index is 0.0810. The Bertz CT molecular complexity index is 576. The van der Waals surface area contributed by atoms with Crippen molar-refractivity contribution in [3.8, 4) is 0 Å². The number of anilines is 1. The van der Waals surface area contributed by atoms with Gasteiger partial charge in [0.1, 0.15) is 6.54 Å². The number of hydrogen-bond acceptors (Lipinski definition) is 3. The van der Waals surface area contributed by atoms with Gasteiger partial charge in [0.05, 0.1) is 11.3 Å². The van der Waals surface area contributed by atoms with Gasteiger partial charge >= 0.3 is 0 Å². The van der Waals surface area contributed by atoms with E-state index >= 15 is 0 Å². The molecule has 0 radical (unpaired) electrons. The largest absolute Gasteiger partial charge is 0.342 e. The average molecular weight is 274 g/mol. The van der Waals surface area contributed by atoms with Crippen LogP contribution in [0.4, 0.5) is 5.69 Å². The van der Waals surface area contributed by atoms with Crippen LogP contribution < -0.4 is 4.90 Å². The topological polar surface area (TPSA) is 57.7 Å². The maximum atomic E-state index is 12.1. The van der Waals surface area contributed by atoms with E-state index in [1.54, 1.807) is 17.0 Å². The van der Waals surface area contributed by atoms with E-state index in [2.05, 4.69) is 0 Å². The Morgan fingerprint density at radius 2 is 1.85 bits per heavy atom. The Morgan fingerprint density at radius 3 is 2.45 bits per heavy atom. The quantitative estimate of drug-likeness (QED) is 0.780. The SMILES string of the molecule is CCN(CC)C(=O)CN1C(=O)C(=O)c2cc(C)ccc21. The molecule has 0 fully saturated rings. The molecule has 5 nitrogen and oxygen atoms in total. The molecule has 2 rings (SSSR count). The zero-order valence-corrected chi connectivity index (χ0v) is 12.0. The van der Waals surface area contributed by atoms with Crippen molar-refractivity contribution in [2.75, 3.05) is 24.5 Å². The molecule has 1 aliphatic rings. The molecule has 1 aromatic carbocycles. The van der Waals surface area contributed by atoms with E-state index in [-0.39, 0.29) is 12.5 Å². The van der Waals surface area contributed by atoms with Crippen molar-refractivity contribution in [2.24, 2.45) is 0 Å². The number of benzene rings is 1. The van der Waals surface area contributed by atoms with Crippen molar-refractivity contribution >= 4 is 23.3 Å². The lowest BCUT2D eigenvalue weighted by atomic mass is 10.1. The van der Waals surface area contributed by atoms with Crippen molar-refractivity contribution in [3.63, 3.8) is 0 Å². The lowest BCUT2D eigenvalue weighted by molar-refractivity contribution is -0.130. The summed E-state index contributed by atoms with van der Waals surface area (Å²) in [4.78, 5) is 39.0. The lowest BCUT2D eigenvalue weighted by Gasteiger charge is -2.23. The van der Waals surface area contributed by atoms with E-state index in [1.807, 2.05) is 26.8 Å². The van der Waals surface area contributed by atoms with Gasteiger partial charge in [-0.1, -0.05) is 11.6 Å². The lowest BCUT2D eigenvalue weighted by Crippen LogP contribution is -2.42. The number of aryl methyl sites for hydroxylation is 1. The first-order chi connectivity index (χ1) is 9.49. The molecule has 106 valence electrons. The monoisotopic (exact) mass is 274 g/mol. The molecule has 20 heavy (non-hydrogen) atoms. The Balaban J connectivity index is 2.28. The summed E-state index contributed by atoms with van der Waals surface area (Å²) >= 11 is 0. The van der Waals surface area contributed by atoms with E-state index in [9.17, 15) is 14.4 Å². The summed E-state index contributed by atoms with van der Waals surface area (Å²) in [5, 5.41) is 0. The van der Waals surface area contributed by atoms with Crippen molar-refractivity contribution in [1.29, 1.82) is 0 Å². The number of rotatable bonds is 4. The van der Waals surface area contributed by atoms with Gasteiger partial charge in [-0.2, -0.15) is 0 Å². The van der Waals surface area contributed by atoms with Crippen molar-refractivity contribution in [3.05, 3.63) is 29.3 Å². The smallest absolute Gasteiger partial charge is 0.299 e. The van der Waals surface area contributed by atoms with Gasteiger partial charge in [0.15, 0.2) is 0 Å². The molecule has 1 heterocycles. The maximum absolute atomic E-state index is 12.1. The number of carbonyl (C=O) groups excluding carboxylic acids is 3. The molecule has 1 aromatic rings. The number of nitrogens with zero attached hydrogens (tertiary/aromatic N) is 2. The highest BCUT2D eigenvalue weighted by Crippen LogP contribution is 2.29. The Hall–Kier alpha value is -2.17. The minimum Gasteiger partial charge on any atom is -0.342 e. The van der Waals surface area contributed by atoms with E-state index in [4.69, 9.17) is 0 Å². The van der Waals surface area contributed by atoms with Crippen LogP contribution in [0.15, 0.2) is 18.2 Å². The molecule has 1 aliphatic heterocycles. The second-order valence-electron chi connectivity index (χ2n) is 4.81. The summed E-state index contributed by atoms with van der Waals surface area (Å²) in [6.07, 6.45) is 0. The van der Waals surface area contributed by atoms with Crippen LogP contribution in [0, 0.1) is 6.92 Å². The van der Waals surface area contributed by atoms with Crippen LogP contribution in [0.3, 0.4) is 0 Å². The molecule has 0 aliphatic carbocycles. The molecule has 0 unspecified atom stereocenters. The fourth-order valence-corrected chi connectivity index (χ4v) is 2.38. The van der Waals surface area contributed by atoms with Crippen LogP contribution in [0.5, 0.6) is 0 Å². The summed E-state index contributed by atoms with van der Waals surface area (Å²) in [5.41, 5.74) is 1.84. The number of ketones is 1. The Kier molecular flexibility index (Phi) is 3.88. The number of likely N-dealkylation sites (N-methyl/N-ethyl adjacent to an activating group) is 1. The predicted octanol–water partition coefficient (Wildman–Crippen LogP) is 1.39. The zero-order valence-electron chi connectivity index (χ0n) is 12.0. The zero-order chi connectivity index (χ0) is 14.9. The van der Waals surface area contributed by atoms with Gasteiger partial charge in [0, 0.05) is 13.1 Å². The molecule has 0 bridgehead atoms. The molecule has 0 atom stereocenters. The fraction of sp³-hybridized carbons (Fsp3) is 0.400. The second kappa shape index (κ2) is 5.45. The summed E-state index contributed by atoms with van der Waals surface area (Å²) in [6.45, 7) is 6.73. The van der Waals surface area contributed by atoms with Crippen LogP contribution in [0.25, 0.3) is 0 Å². The minimum atomic E-state index is -0.619. The highest BCUT2D eigenvalue weighted by atomic mass is 16.2. The number of fused-ring (bicyclic) bond motifs is 1. The fourth-order valence-electron chi connectivity index (χ4n) is 2.38. The van der Waals surface area contributed by atoms with Crippen LogP contribution in [-0.4, -0.2) is 42.1 Å². The van der Waals surface area contributed by atoms with Gasteiger partial charge < -0.3 is 4.90 Å². The van der Waals surface area contributed by atoms with Gasteiger partial charge in [0.25, 0.3) is 11.7 Å². The number of Topliss-reactive ketones (excluding diaryl/α,β-unsaturated/α-hetero) is 1. The van der Waals surface area contributed by atoms with E-state index in [0.29, 0.717) is 24.3 Å². The van der Waals surface area contributed by atoms with Gasteiger partial charge in [-0.25, -0.2) is 0 Å². The summed E-state index contributed by atoms with van der Waals surface area (Å²) in [5.74, 6) is -1.30. The molecule has 0 aromatic heterocycles. The number of amides is 2. The predicted molar refractivity (Wildman–Crippen MR) is 75.8 cm³/mol. The first-order valence-corrected chi connectivity index (χ1v) is 6.74. The standard InChI is InChI=1S/C15H18N2O3/c1-4-16(5-2)13(18)9-17-12-7-6-10(3)8-11(12)14(19)15(17)20/h6-8H,4-5,9H2,1-3H3. The summed E-state index contributed by atoms with van der Waals surface area (Å²) < 4.78 is 0. The van der Waals surface area contributed by atoms with Crippen LogP contribution in [0.2, 0.25) is 0 Å². The molecule has 0 spiro atoms. The van der Waals surface area contributed by atoms with Crippen molar-refractivity contribution in [2.45, 2.75) is 20.8 Å². The first-order valence-electron chi connectivity index (χ1n) is 6.74. The molecular weight excluding hydrogens is 256 g/mol. The highest BCUT2D eigenvalue weighted by molar-refractivity contribution is 6.52. The summed E-state index contributed by atoms with van der Waals surface area (Å²) in [6, 6.07) is 5.25. The van der Waals surface area contributed by atoms with Crippen LogP contribution in [-0.2, 0) is 9.59 Å². The normalized spacial score (nSPS) is 13.7. The van der Waals surface area contributed by atoms with Crippen molar-refractivity contribution in [1.82, 2.24) is 4.90 Å². The third-order valence-electron chi connectivity index (χ3n) is 3.54. The van der Waals surface area contributed by atoms with Gasteiger partial charge in [-0.3, -0.25) is 19.3 Å². The van der Waals surface area contributed by atoms with E-state index in [1.165, 1.54) is 4.90 Å². The Labute approximate surface area is 118 Å². The van der Waals surface area contributed by atoms with Crippen molar-refractivity contribution < 1.29 is 14.4 Å². The van der Waals surface area contributed by atoms with E-state index < -0.39 is 11.7 Å². The van der Waals surface area contributed by atoms with Crippen LogP contribution >= 0.6 is 0 Å². The average Bonchev–Trinajstić information content (AvgIpc) is 2.65. The molecule has 5 heteroatoms. The second-order valence-corrected chi connectivity index (χ2v) is 4.81. The molecule has 0 saturated heterocycles.